The molecular formula is C15H20O. The Bertz CT molecular complexity index is 381. The fourth-order valence-corrected chi connectivity index (χ4v) is 2.60. The number of methoxy groups -OCH3 is 1. The van der Waals surface area contributed by atoms with Gasteiger partial charge < -0.3 is 4.74 Å². The molecule has 0 fully saturated rings. The van der Waals surface area contributed by atoms with Crippen LogP contribution in [0.1, 0.15) is 38.2 Å². The molecule has 86 valence electrons. The van der Waals surface area contributed by atoms with Gasteiger partial charge in [0.1, 0.15) is 5.75 Å². The van der Waals surface area contributed by atoms with E-state index in [1.165, 1.54) is 24.8 Å². The molecule has 1 unspecified atom stereocenters. The van der Waals surface area contributed by atoms with Crippen LogP contribution in [0, 0.1) is 0 Å². The Labute approximate surface area is 98.1 Å². The molecule has 0 spiro atoms. The molecule has 0 saturated carbocycles. The number of ether oxygens (including phenoxy) is 1. The number of benzene rings is 1. The highest BCUT2D eigenvalue weighted by Gasteiger charge is 2.28. The normalized spacial score (nSPS) is 24.4. The Morgan fingerprint density at radius 1 is 1.38 bits per heavy atom. The summed E-state index contributed by atoms with van der Waals surface area (Å²) < 4.78 is 5.31. The summed E-state index contributed by atoms with van der Waals surface area (Å²) in [7, 11) is 1.73. The zero-order valence-electron chi connectivity index (χ0n) is 10.2. The lowest BCUT2D eigenvalue weighted by molar-refractivity contribution is 0.407. The van der Waals surface area contributed by atoms with Crippen molar-refractivity contribution in [1.82, 2.24) is 0 Å². The minimum atomic E-state index is 0.243. The summed E-state index contributed by atoms with van der Waals surface area (Å²) in [4.78, 5) is 0. The molecule has 0 amide bonds. The molecular weight excluding hydrogens is 196 g/mol. The Morgan fingerprint density at radius 3 is 2.88 bits per heavy atom. The highest BCUT2D eigenvalue weighted by molar-refractivity contribution is 5.37. The Hall–Kier alpha value is -1.24. The van der Waals surface area contributed by atoms with Crippen LogP contribution in [0.2, 0.25) is 0 Å². The standard InChI is InChI=1S/C15H20O/c1-3-15(10-5-4-6-11-15)13-8-7-9-14(12-13)16-2/h5,7-10,12H,3-4,6,11H2,1-2H3. The predicted octanol–water partition coefficient (Wildman–Crippen LogP) is 4.08. The van der Waals surface area contributed by atoms with Crippen molar-refractivity contribution < 1.29 is 4.74 Å². The number of hydrogen-bond acceptors (Lipinski definition) is 1. The van der Waals surface area contributed by atoms with E-state index in [1.54, 1.807) is 7.11 Å². The maximum absolute atomic E-state index is 5.31. The van der Waals surface area contributed by atoms with Crippen molar-refractivity contribution in [2.24, 2.45) is 0 Å². The van der Waals surface area contributed by atoms with E-state index in [4.69, 9.17) is 4.74 Å². The second-order valence-corrected chi connectivity index (χ2v) is 4.54. The lowest BCUT2D eigenvalue weighted by Crippen LogP contribution is -2.24. The summed E-state index contributed by atoms with van der Waals surface area (Å²) in [6.45, 7) is 2.27. The first-order chi connectivity index (χ1) is 7.80. The topological polar surface area (TPSA) is 9.23 Å². The molecule has 1 aromatic rings. The van der Waals surface area contributed by atoms with Crippen molar-refractivity contribution in [1.29, 1.82) is 0 Å². The second kappa shape index (κ2) is 4.73. The summed E-state index contributed by atoms with van der Waals surface area (Å²) in [6, 6.07) is 8.51. The van der Waals surface area contributed by atoms with Gasteiger partial charge in [-0.15, -0.1) is 0 Å². The second-order valence-electron chi connectivity index (χ2n) is 4.54. The first-order valence-electron chi connectivity index (χ1n) is 6.13. The van der Waals surface area contributed by atoms with Crippen molar-refractivity contribution in [3.63, 3.8) is 0 Å². The van der Waals surface area contributed by atoms with E-state index in [2.05, 4.69) is 37.3 Å². The minimum absolute atomic E-state index is 0.243. The SMILES string of the molecule is CCC1(c2cccc(OC)c2)C=CCCC1. The zero-order chi connectivity index (χ0) is 11.4. The number of allylic oxidation sites excluding steroid dienone is 2. The van der Waals surface area contributed by atoms with Gasteiger partial charge in [0.15, 0.2) is 0 Å². The van der Waals surface area contributed by atoms with Crippen LogP contribution in [-0.4, -0.2) is 7.11 Å². The van der Waals surface area contributed by atoms with Crippen LogP contribution in [0.15, 0.2) is 36.4 Å². The number of rotatable bonds is 3. The third-order valence-electron chi connectivity index (χ3n) is 3.71. The molecule has 16 heavy (non-hydrogen) atoms. The molecule has 1 aliphatic carbocycles. The first kappa shape index (κ1) is 11.3. The van der Waals surface area contributed by atoms with E-state index in [-0.39, 0.29) is 5.41 Å². The molecule has 1 atom stereocenters. The summed E-state index contributed by atoms with van der Waals surface area (Å²) in [5.74, 6) is 0.962. The summed E-state index contributed by atoms with van der Waals surface area (Å²) in [6.07, 6.45) is 9.66. The van der Waals surface area contributed by atoms with Gasteiger partial charge in [-0.3, -0.25) is 0 Å². The van der Waals surface area contributed by atoms with Crippen molar-refractivity contribution >= 4 is 0 Å². The van der Waals surface area contributed by atoms with Gasteiger partial charge in [-0.1, -0.05) is 31.2 Å². The maximum Gasteiger partial charge on any atom is 0.119 e. The van der Waals surface area contributed by atoms with Gasteiger partial charge in [-0.25, -0.2) is 0 Å². The van der Waals surface area contributed by atoms with E-state index in [1.807, 2.05) is 6.07 Å². The monoisotopic (exact) mass is 216 g/mol. The van der Waals surface area contributed by atoms with Crippen molar-refractivity contribution in [3.8, 4) is 5.75 Å². The van der Waals surface area contributed by atoms with Gasteiger partial charge in [0.25, 0.3) is 0 Å². The third kappa shape index (κ3) is 1.99. The van der Waals surface area contributed by atoms with Gasteiger partial charge in [0.05, 0.1) is 7.11 Å². The highest BCUT2D eigenvalue weighted by atomic mass is 16.5. The lowest BCUT2D eigenvalue weighted by Gasteiger charge is -2.33. The largest absolute Gasteiger partial charge is 0.497 e. The van der Waals surface area contributed by atoms with Gasteiger partial charge in [0, 0.05) is 5.41 Å². The molecule has 1 heteroatoms. The molecule has 1 aromatic carbocycles. The van der Waals surface area contributed by atoms with E-state index in [0.29, 0.717) is 0 Å². The van der Waals surface area contributed by atoms with Crippen LogP contribution in [0.5, 0.6) is 5.75 Å². The molecule has 0 bridgehead atoms. The molecule has 0 radical (unpaired) electrons. The van der Waals surface area contributed by atoms with E-state index in [9.17, 15) is 0 Å². The minimum Gasteiger partial charge on any atom is -0.497 e. The van der Waals surface area contributed by atoms with Gasteiger partial charge in [-0.2, -0.15) is 0 Å². The van der Waals surface area contributed by atoms with Crippen LogP contribution in [0.4, 0.5) is 0 Å². The van der Waals surface area contributed by atoms with Gasteiger partial charge in [0.2, 0.25) is 0 Å². The van der Waals surface area contributed by atoms with Gasteiger partial charge >= 0.3 is 0 Å². The average Bonchev–Trinajstić information content (AvgIpc) is 2.39. The molecule has 0 heterocycles. The van der Waals surface area contributed by atoms with Gasteiger partial charge in [-0.05, 0) is 43.4 Å². The maximum atomic E-state index is 5.31. The molecule has 0 saturated heterocycles. The highest BCUT2D eigenvalue weighted by Crippen LogP contribution is 2.38. The van der Waals surface area contributed by atoms with E-state index < -0.39 is 0 Å². The van der Waals surface area contributed by atoms with Crippen molar-refractivity contribution in [3.05, 3.63) is 42.0 Å². The fourth-order valence-electron chi connectivity index (χ4n) is 2.60. The Balaban J connectivity index is 2.39. The van der Waals surface area contributed by atoms with Crippen LogP contribution < -0.4 is 4.74 Å². The average molecular weight is 216 g/mol. The molecule has 1 aliphatic rings. The van der Waals surface area contributed by atoms with Crippen LogP contribution >= 0.6 is 0 Å². The van der Waals surface area contributed by atoms with Crippen LogP contribution in [0.3, 0.4) is 0 Å². The van der Waals surface area contributed by atoms with Crippen molar-refractivity contribution in [2.75, 3.05) is 7.11 Å². The van der Waals surface area contributed by atoms with E-state index >= 15 is 0 Å². The molecule has 0 aromatic heterocycles. The molecule has 2 rings (SSSR count). The van der Waals surface area contributed by atoms with Crippen LogP contribution in [-0.2, 0) is 5.41 Å². The van der Waals surface area contributed by atoms with Crippen LogP contribution in [0.25, 0.3) is 0 Å². The molecule has 0 aliphatic heterocycles. The quantitative estimate of drug-likeness (QED) is 0.692. The lowest BCUT2D eigenvalue weighted by atomic mass is 9.72. The van der Waals surface area contributed by atoms with Crippen molar-refractivity contribution in [2.45, 2.75) is 38.0 Å². The first-order valence-corrected chi connectivity index (χ1v) is 6.13. The van der Waals surface area contributed by atoms with E-state index in [0.717, 1.165) is 12.2 Å². The number of hydrogen-bond donors (Lipinski definition) is 0. The molecule has 0 N–H and O–H groups in total. The molecule has 1 nitrogen and oxygen atoms in total. The Morgan fingerprint density at radius 2 is 2.25 bits per heavy atom. The smallest absolute Gasteiger partial charge is 0.119 e. The summed E-state index contributed by atoms with van der Waals surface area (Å²) in [5, 5.41) is 0. The Kier molecular flexibility index (Phi) is 3.33. The zero-order valence-corrected chi connectivity index (χ0v) is 10.2. The predicted molar refractivity (Wildman–Crippen MR) is 68.0 cm³/mol. The fraction of sp³-hybridized carbons (Fsp3) is 0.467. The summed E-state index contributed by atoms with van der Waals surface area (Å²) >= 11 is 0. The third-order valence-corrected chi connectivity index (χ3v) is 3.71. The summed E-state index contributed by atoms with van der Waals surface area (Å²) in [5.41, 5.74) is 1.64.